The van der Waals surface area contributed by atoms with Crippen LogP contribution in [-0.2, 0) is 27.7 Å². The molecule has 3 rings (SSSR count). The number of benzene rings is 2. The summed E-state index contributed by atoms with van der Waals surface area (Å²) in [6, 6.07) is 10.2. The Labute approximate surface area is 193 Å². The lowest BCUT2D eigenvalue weighted by Gasteiger charge is -2.16. The monoisotopic (exact) mass is 508 g/mol. The van der Waals surface area contributed by atoms with Crippen LogP contribution >= 0.6 is 15.9 Å². The number of amides is 1. The zero-order valence-electron chi connectivity index (χ0n) is 17.9. The fraction of sp³-hybridized carbons (Fsp3) is 0.435. The number of carbonyl (C=O) groups excluding carboxylic acids is 1. The average molecular weight is 509 g/mol. The Morgan fingerprint density at radius 1 is 1.06 bits per heavy atom. The van der Waals surface area contributed by atoms with Crippen molar-refractivity contribution in [3.8, 4) is 5.75 Å². The maximum absolute atomic E-state index is 12.5. The second-order valence-electron chi connectivity index (χ2n) is 7.72. The molecular formula is C23H29BrN2O4S. The van der Waals surface area contributed by atoms with Crippen LogP contribution in [0.5, 0.6) is 5.75 Å². The van der Waals surface area contributed by atoms with Gasteiger partial charge in [0.1, 0.15) is 5.75 Å². The van der Waals surface area contributed by atoms with Gasteiger partial charge in [0.2, 0.25) is 10.0 Å². The molecule has 1 amide bonds. The summed E-state index contributed by atoms with van der Waals surface area (Å²) in [7, 11) is -3.54. The smallest absolute Gasteiger partial charge is 0.262 e. The molecule has 0 saturated heterocycles. The molecule has 0 atom stereocenters. The maximum Gasteiger partial charge on any atom is 0.262 e. The van der Waals surface area contributed by atoms with E-state index in [1.807, 2.05) is 26.0 Å². The largest absolute Gasteiger partial charge is 0.484 e. The van der Waals surface area contributed by atoms with Gasteiger partial charge in [0.05, 0.1) is 4.90 Å². The molecule has 1 fully saturated rings. The molecule has 31 heavy (non-hydrogen) atoms. The van der Waals surface area contributed by atoms with Gasteiger partial charge in [-0.15, -0.1) is 0 Å². The molecule has 0 spiro atoms. The number of halogens is 1. The van der Waals surface area contributed by atoms with Gasteiger partial charge in [0, 0.05) is 16.2 Å². The fourth-order valence-electron chi connectivity index (χ4n) is 3.81. The first-order chi connectivity index (χ1) is 14.8. The summed E-state index contributed by atoms with van der Waals surface area (Å²) >= 11 is 3.52. The third kappa shape index (κ3) is 6.30. The van der Waals surface area contributed by atoms with Crippen molar-refractivity contribution >= 4 is 37.5 Å². The van der Waals surface area contributed by atoms with E-state index in [2.05, 4.69) is 26.0 Å². The number of ether oxygens (including phenoxy) is 1. The van der Waals surface area contributed by atoms with E-state index in [1.54, 1.807) is 12.1 Å². The Morgan fingerprint density at radius 2 is 1.65 bits per heavy atom. The highest BCUT2D eigenvalue weighted by Crippen LogP contribution is 2.28. The minimum atomic E-state index is -3.54. The van der Waals surface area contributed by atoms with Crippen molar-refractivity contribution in [2.45, 2.75) is 63.3 Å². The predicted molar refractivity (Wildman–Crippen MR) is 126 cm³/mol. The lowest BCUT2D eigenvalue weighted by molar-refractivity contribution is -0.118. The Hall–Kier alpha value is -1.90. The number of anilines is 1. The molecule has 0 aliphatic heterocycles. The first kappa shape index (κ1) is 23.8. The Morgan fingerprint density at radius 3 is 2.19 bits per heavy atom. The average Bonchev–Trinajstić information content (AvgIpc) is 3.25. The third-order valence-corrected chi connectivity index (χ3v) is 7.47. The van der Waals surface area contributed by atoms with Crippen LogP contribution in [0.25, 0.3) is 0 Å². The molecule has 0 aromatic heterocycles. The molecule has 6 nitrogen and oxygen atoms in total. The van der Waals surface area contributed by atoms with Crippen LogP contribution in [0.15, 0.2) is 45.8 Å². The van der Waals surface area contributed by atoms with Crippen LogP contribution in [0, 0.1) is 0 Å². The van der Waals surface area contributed by atoms with Gasteiger partial charge < -0.3 is 10.1 Å². The Bertz CT molecular complexity index is 991. The van der Waals surface area contributed by atoms with Crippen molar-refractivity contribution < 1.29 is 17.9 Å². The van der Waals surface area contributed by atoms with Gasteiger partial charge in [-0.1, -0.05) is 42.6 Å². The lowest BCUT2D eigenvalue weighted by Crippen LogP contribution is -2.32. The van der Waals surface area contributed by atoms with E-state index in [9.17, 15) is 13.2 Å². The van der Waals surface area contributed by atoms with Crippen LogP contribution in [0.4, 0.5) is 5.69 Å². The van der Waals surface area contributed by atoms with E-state index in [1.165, 1.54) is 12.1 Å². The summed E-state index contributed by atoms with van der Waals surface area (Å²) in [6.07, 6.45) is 5.48. The lowest BCUT2D eigenvalue weighted by atomic mass is 10.0. The predicted octanol–water partition coefficient (Wildman–Crippen LogP) is 4.81. The first-order valence-electron chi connectivity index (χ1n) is 10.7. The van der Waals surface area contributed by atoms with Crippen LogP contribution in [-0.4, -0.2) is 27.0 Å². The number of aryl methyl sites for hydroxylation is 2. The molecule has 2 aromatic rings. The van der Waals surface area contributed by atoms with E-state index in [0.29, 0.717) is 5.75 Å². The number of hydrogen-bond acceptors (Lipinski definition) is 4. The number of nitrogens with one attached hydrogen (secondary N) is 2. The van der Waals surface area contributed by atoms with Gasteiger partial charge >= 0.3 is 0 Å². The van der Waals surface area contributed by atoms with Crippen molar-refractivity contribution in [2.24, 2.45) is 0 Å². The zero-order valence-corrected chi connectivity index (χ0v) is 20.3. The molecule has 168 valence electrons. The van der Waals surface area contributed by atoms with Gasteiger partial charge in [-0.2, -0.15) is 0 Å². The van der Waals surface area contributed by atoms with Gasteiger partial charge in [0.25, 0.3) is 5.91 Å². The molecule has 0 heterocycles. The van der Waals surface area contributed by atoms with E-state index in [0.717, 1.165) is 59.8 Å². The molecule has 1 aliphatic carbocycles. The number of sulfonamides is 1. The van der Waals surface area contributed by atoms with Crippen LogP contribution in [0.1, 0.15) is 50.7 Å². The van der Waals surface area contributed by atoms with E-state index >= 15 is 0 Å². The van der Waals surface area contributed by atoms with Crippen molar-refractivity contribution in [1.82, 2.24) is 4.72 Å². The second kappa shape index (κ2) is 10.6. The Kier molecular flexibility index (Phi) is 8.13. The van der Waals surface area contributed by atoms with Crippen molar-refractivity contribution in [1.29, 1.82) is 0 Å². The minimum Gasteiger partial charge on any atom is -0.484 e. The Balaban J connectivity index is 1.60. The summed E-state index contributed by atoms with van der Waals surface area (Å²) < 4.78 is 34.3. The summed E-state index contributed by atoms with van der Waals surface area (Å²) in [5, 5.41) is 2.96. The molecule has 0 unspecified atom stereocenters. The van der Waals surface area contributed by atoms with Crippen molar-refractivity contribution in [2.75, 3.05) is 11.9 Å². The highest BCUT2D eigenvalue weighted by atomic mass is 79.9. The normalized spacial score (nSPS) is 14.5. The highest BCUT2D eigenvalue weighted by molar-refractivity contribution is 9.10. The molecular weight excluding hydrogens is 480 g/mol. The van der Waals surface area contributed by atoms with Gasteiger partial charge in [0.15, 0.2) is 6.61 Å². The summed E-state index contributed by atoms with van der Waals surface area (Å²) in [5.74, 6) is 0.184. The third-order valence-electron chi connectivity index (χ3n) is 5.47. The summed E-state index contributed by atoms with van der Waals surface area (Å²) in [6.45, 7) is 3.93. The maximum atomic E-state index is 12.5. The van der Waals surface area contributed by atoms with Crippen LogP contribution in [0.3, 0.4) is 0 Å². The molecule has 0 radical (unpaired) electrons. The van der Waals surface area contributed by atoms with E-state index in [4.69, 9.17) is 4.74 Å². The summed E-state index contributed by atoms with van der Waals surface area (Å²) in [4.78, 5) is 12.7. The van der Waals surface area contributed by atoms with Gasteiger partial charge in [-0.05, 0) is 73.2 Å². The topological polar surface area (TPSA) is 84.5 Å². The van der Waals surface area contributed by atoms with Crippen LogP contribution in [0.2, 0.25) is 0 Å². The van der Waals surface area contributed by atoms with E-state index in [-0.39, 0.29) is 23.5 Å². The summed E-state index contributed by atoms with van der Waals surface area (Å²) in [5.41, 5.74) is 2.95. The van der Waals surface area contributed by atoms with Crippen molar-refractivity contribution in [3.63, 3.8) is 0 Å². The fourth-order valence-corrected chi connectivity index (χ4v) is 5.67. The van der Waals surface area contributed by atoms with Gasteiger partial charge in [-0.25, -0.2) is 13.1 Å². The van der Waals surface area contributed by atoms with Gasteiger partial charge in [-0.3, -0.25) is 4.79 Å². The number of rotatable bonds is 9. The van der Waals surface area contributed by atoms with Crippen molar-refractivity contribution in [3.05, 3.63) is 52.0 Å². The standard InChI is InChI=1S/C23H29BrN2O4S/c1-3-16-13-18(24)14-17(4-2)23(16)25-22(27)15-30-20-9-11-21(12-10-20)31(28,29)26-19-7-5-6-8-19/h9-14,19,26H,3-8,15H2,1-2H3,(H,25,27). The SMILES string of the molecule is CCc1cc(Br)cc(CC)c1NC(=O)COc1ccc(S(=O)(=O)NC2CCCC2)cc1. The molecule has 2 aromatic carbocycles. The number of carbonyl (C=O) groups is 1. The van der Waals surface area contributed by atoms with E-state index < -0.39 is 10.0 Å². The minimum absolute atomic E-state index is 0.0178. The quantitative estimate of drug-likeness (QED) is 0.508. The molecule has 1 aliphatic rings. The molecule has 1 saturated carbocycles. The second-order valence-corrected chi connectivity index (χ2v) is 10.3. The zero-order chi connectivity index (χ0) is 22.4. The number of hydrogen-bond donors (Lipinski definition) is 2. The highest BCUT2D eigenvalue weighted by Gasteiger charge is 2.22. The first-order valence-corrected chi connectivity index (χ1v) is 13.0. The molecule has 2 N–H and O–H groups in total. The molecule has 8 heteroatoms. The molecule has 0 bridgehead atoms. The van der Waals surface area contributed by atoms with Crippen LogP contribution < -0.4 is 14.8 Å².